The largest absolute Gasteiger partial charge is 0.353 e. The third kappa shape index (κ3) is 4.43. The van der Waals surface area contributed by atoms with Crippen LogP contribution in [0.25, 0.3) is 0 Å². The molecule has 4 rings (SSSR count). The third-order valence-corrected chi connectivity index (χ3v) is 6.24. The molecule has 3 heterocycles. The normalized spacial score (nSPS) is 14.1. The van der Waals surface area contributed by atoms with E-state index < -0.39 is 0 Å². The van der Waals surface area contributed by atoms with Gasteiger partial charge in [-0.25, -0.2) is 9.97 Å². The topological polar surface area (TPSA) is 49.3 Å². The standard InChI is InChI=1S/C23H24N4OS/c1-17-8-9-19(16-18(17)2)29-22-20(6-5-11-25-22)23(28)27-14-12-26(13-15-27)21-7-3-4-10-24-21/h3-11,16H,12-15H2,1-2H3. The number of hydrogen-bond acceptors (Lipinski definition) is 5. The molecule has 0 bridgehead atoms. The molecule has 6 heteroatoms. The summed E-state index contributed by atoms with van der Waals surface area (Å²) in [5.41, 5.74) is 3.17. The Kier molecular flexibility index (Phi) is 5.81. The molecule has 0 atom stereocenters. The van der Waals surface area contributed by atoms with Crippen molar-refractivity contribution >= 4 is 23.5 Å². The molecule has 0 saturated carbocycles. The van der Waals surface area contributed by atoms with Crippen molar-refractivity contribution in [3.05, 3.63) is 77.6 Å². The SMILES string of the molecule is Cc1ccc(Sc2ncccc2C(=O)N2CCN(c3ccccn3)CC2)cc1C. The fraction of sp³-hybridized carbons (Fsp3) is 0.261. The maximum Gasteiger partial charge on any atom is 0.256 e. The van der Waals surface area contributed by atoms with E-state index in [0.29, 0.717) is 18.7 Å². The second-order valence-corrected chi connectivity index (χ2v) is 8.23. The fourth-order valence-electron chi connectivity index (χ4n) is 3.37. The van der Waals surface area contributed by atoms with Crippen LogP contribution in [0.3, 0.4) is 0 Å². The van der Waals surface area contributed by atoms with Crippen molar-refractivity contribution in [3.63, 3.8) is 0 Å². The van der Waals surface area contributed by atoms with Gasteiger partial charge in [-0.15, -0.1) is 0 Å². The number of benzene rings is 1. The Balaban J connectivity index is 1.47. The maximum atomic E-state index is 13.2. The molecule has 29 heavy (non-hydrogen) atoms. The van der Waals surface area contributed by atoms with Gasteiger partial charge in [0.1, 0.15) is 10.8 Å². The lowest BCUT2D eigenvalue weighted by molar-refractivity contribution is 0.0742. The predicted octanol–water partition coefficient (Wildman–Crippen LogP) is 4.21. The number of amides is 1. The maximum absolute atomic E-state index is 13.2. The fourth-order valence-corrected chi connectivity index (χ4v) is 4.35. The van der Waals surface area contributed by atoms with Crippen LogP contribution in [0.2, 0.25) is 0 Å². The second-order valence-electron chi connectivity index (χ2n) is 7.17. The van der Waals surface area contributed by atoms with Gasteiger partial charge in [-0.3, -0.25) is 4.79 Å². The Hall–Kier alpha value is -2.86. The molecule has 1 saturated heterocycles. The van der Waals surface area contributed by atoms with Crippen molar-refractivity contribution in [1.29, 1.82) is 0 Å². The van der Waals surface area contributed by atoms with Crippen molar-refractivity contribution in [1.82, 2.24) is 14.9 Å². The zero-order valence-electron chi connectivity index (χ0n) is 16.7. The van der Waals surface area contributed by atoms with Gasteiger partial charge in [0.15, 0.2) is 0 Å². The van der Waals surface area contributed by atoms with Crippen LogP contribution in [0.15, 0.2) is 70.8 Å². The first-order valence-electron chi connectivity index (χ1n) is 9.77. The van der Waals surface area contributed by atoms with Crippen LogP contribution in [0.4, 0.5) is 5.82 Å². The first-order valence-corrected chi connectivity index (χ1v) is 10.6. The van der Waals surface area contributed by atoms with Crippen LogP contribution in [0.5, 0.6) is 0 Å². The molecule has 1 aromatic carbocycles. The van der Waals surface area contributed by atoms with E-state index in [-0.39, 0.29) is 5.91 Å². The molecule has 5 nitrogen and oxygen atoms in total. The molecular formula is C23H24N4OS. The van der Waals surface area contributed by atoms with Gasteiger partial charge < -0.3 is 9.80 Å². The van der Waals surface area contributed by atoms with Gasteiger partial charge in [0.2, 0.25) is 0 Å². The molecule has 2 aromatic heterocycles. The third-order valence-electron chi connectivity index (χ3n) is 5.23. The highest BCUT2D eigenvalue weighted by molar-refractivity contribution is 7.99. The van der Waals surface area contributed by atoms with E-state index in [4.69, 9.17) is 0 Å². The first kappa shape index (κ1) is 19.5. The quantitative estimate of drug-likeness (QED) is 0.652. The van der Waals surface area contributed by atoms with Gasteiger partial charge >= 0.3 is 0 Å². The summed E-state index contributed by atoms with van der Waals surface area (Å²) in [7, 11) is 0. The van der Waals surface area contributed by atoms with Gasteiger partial charge in [0.25, 0.3) is 5.91 Å². The highest BCUT2D eigenvalue weighted by atomic mass is 32.2. The highest BCUT2D eigenvalue weighted by Crippen LogP contribution is 2.30. The zero-order chi connectivity index (χ0) is 20.2. The summed E-state index contributed by atoms with van der Waals surface area (Å²) >= 11 is 1.55. The number of piperazine rings is 1. The molecule has 0 spiro atoms. The molecule has 0 unspecified atom stereocenters. The minimum absolute atomic E-state index is 0.0464. The van der Waals surface area contributed by atoms with Crippen molar-refractivity contribution in [2.45, 2.75) is 23.8 Å². The lowest BCUT2D eigenvalue weighted by Gasteiger charge is -2.35. The van der Waals surface area contributed by atoms with E-state index in [1.54, 1.807) is 24.2 Å². The number of aromatic nitrogens is 2. The van der Waals surface area contributed by atoms with Gasteiger partial charge in [-0.2, -0.15) is 0 Å². The van der Waals surface area contributed by atoms with E-state index in [1.807, 2.05) is 35.2 Å². The van der Waals surface area contributed by atoms with Crippen LogP contribution in [-0.4, -0.2) is 47.0 Å². The van der Waals surface area contributed by atoms with E-state index in [9.17, 15) is 4.79 Å². The Morgan fingerprint density at radius 3 is 2.41 bits per heavy atom. The molecule has 1 fully saturated rings. The molecule has 1 amide bonds. The van der Waals surface area contributed by atoms with Gasteiger partial charge in [0.05, 0.1) is 5.56 Å². The zero-order valence-corrected chi connectivity index (χ0v) is 17.5. The lowest BCUT2D eigenvalue weighted by atomic mass is 10.1. The van der Waals surface area contributed by atoms with Gasteiger partial charge in [-0.1, -0.05) is 23.9 Å². The Morgan fingerprint density at radius 2 is 1.69 bits per heavy atom. The van der Waals surface area contributed by atoms with Crippen LogP contribution in [0.1, 0.15) is 21.5 Å². The minimum atomic E-state index is 0.0464. The molecule has 1 aliphatic rings. The number of nitrogens with zero attached hydrogens (tertiary/aromatic N) is 4. The number of pyridine rings is 2. The van der Waals surface area contributed by atoms with E-state index in [1.165, 1.54) is 11.1 Å². The molecule has 0 N–H and O–H groups in total. The molecule has 3 aromatic rings. The summed E-state index contributed by atoms with van der Waals surface area (Å²) < 4.78 is 0. The van der Waals surface area contributed by atoms with Crippen LogP contribution in [-0.2, 0) is 0 Å². The summed E-state index contributed by atoms with van der Waals surface area (Å²) in [5, 5.41) is 0.757. The van der Waals surface area contributed by atoms with Crippen LogP contribution >= 0.6 is 11.8 Å². The molecular weight excluding hydrogens is 380 g/mol. The molecule has 0 radical (unpaired) electrons. The van der Waals surface area contributed by atoms with Crippen molar-refractivity contribution in [2.75, 3.05) is 31.1 Å². The Bertz CT molecular complexity index is 1000. The highest BCUT2D eigenvalue weighted by Gasteiger charge is 2.25. The van der Waals surface area contributed by atoms with E-state index in [2.05, 4.69) is 46.9 Å². The predicted molar refractivity (Wildman–Crippen MR) is 117 cm³/mol. The van der Waals surface area contributed by atoms with E-state index in [0.717, 1.165) is 28.8 Å². The average Bonchev–Trinajstić information content (AvgIpc) is 2.77. The Morgan fingerprint density at radius 1 is 0.897 bits per heavy atom. The smallest absolute Gasteiger partial charge is 0.256 e. The number of aryl methyl sites for hydroxylation is 2. The summed E-state index contributed by atoms with van der Waals surface area (Å²) in [6, 6.07) is 16.0. The monoisotopic (exact) mass is 404 g/mol. The summed E-state index contributed by atoms with van der Waals surface area (Å²) in [6.45, 7) is 7.12. The molecule has 1 aliphatic heterocycles. The van der Waals surface area contributed by atoms with Crippen molar-refractivity contribution in [3.8, 4) is 0 Å². The van der Waals surface area contributed by atoms with Gasteiger partial charge in [-0.05, 0) is 61.4 Å². The molecule has 148 valence electrons. The van der Waals surface area contributed by atoms with Crippen molar-refractivity contribution < 1.29 is 4.79 Å². The van der Waals surface area contributed by atoms with Crippen LogP contribution < -0.4 is 4.90 Å². The molecule has 0 aliphatic carbocycles. The van der Waals surface area contributed by atoms with E-state index >= 15 is 0 Å². The average molecular weight is 405 g/mol. The second kappa shape index (κ2) is 8.66. The number of hydrogen-bond donors (Lipinski definition) is 0. The summed E-state index contributed by atoms with van der Waals surface area (Å²) in [5.74, 6) is 1.01. The number of anilines is 1. The lowest BCUT2D eigenvalue weighted by Crippen LogP contribution is -2.49. The number of carbonyl (C=O) groups is 1. The van der Waals surface area contributed by atoms with Crippen LogP contribution in [0, 0.1) is 13.8 Å². The summed E-state index contributed by atoms with van der Waals surface area (Å²) in [6.07, 6.45) is 3.55. The van der Waals surface area contributed by atoms with Gasteiger partial charge in [0, 0.05) is 43.5 Å². The summed E-state index contributed by atoms with van der Waals surface area (Å²) in [4.78, 5) is 27.4. The van der Waals surface area contributed by atoms with Crippen molar-refractivity contribution in [2.24, 2.45) is 0 Å². The Labute approximate surface area is 175 Å². The minimum Gasteiger partial charge on any atom is -0.353 e. The first-order chi connectivity index (χ1) is 14.1. The number of carbonyl (C=O) groups excluding carboxylic acids is 1. The number of rotatable bonds is 4.